The molecule has 1 aromatic heterocycles. The molecule has 30 heavy (non-hydrogen) atoms. The van der Waals surface area contributed by atoms with Crippen LogP contribution in [0.4, 0.5) is 0 Å². The molecule has 2 heterocycles. The second-order valence-electron chi connectivity index (χ2n) is 9.41. The molecule has 2 aliphatic carbocycles. The maximum absolute atomic E-state index is 12.9. The summed E-state index contributed by atoms with van der Waals surface area (Å²) in [7, 11) is 0. The molecule has 1 aliphatic heterocycles. The van der Waals surface area contributed by atoms with Crippen LogP contribution in [0, 0.1) is 11.3 Å². The van der Waals surface area contributed by atoms with Gasteiger partial charge in [0.25, 0.3) is 11.8 Å². The minimum atomic E-state index is -0.530. The number of primary amides is 1. The van der Waals surface area contributed by atoms with Crippen molar-refractivity contribution in [2.45, 2.75) is 77.0 Å². The SMILES string of the molecule is C=C1NC(CC(C)CCC)C(=O)N1C1CC2(CC(Oc3ncccc3C(N)=O)C2)C1. The molecule has 1 spiro atoms. The smallest absolute Gasteiger partial charge is 0.254 e. The topological polar surface area (TPSA) is 97.6 Å². The lowest BCUT2D eigenvalue weighted by Crippen LogP contribution is -2.59. The zero-order valence-corrected chi connectivity index (χ0v) is 17.9. The van der Waals surface area contributed by atoms with E-state index in [2.05, 4.69) is 30.7 Å². The fourth-order valence-corrected chi connectivity index (χ4v) is 5.48. The standard InChI is InChI=1S/C23H32N4O3/c1-4-6-14(2)9-19-22(29)27(15(3)26-19)16-10-23(11-16)12-17(13-23)30-21-18(20(24)28)7-5-8-25-21/h5,7-8,14,16-17,19,26H,3-4,6,9-13H2,1-2H3,(H2,24,28). The predicted octanol–water partition coefficient (Wildman–Crippen LogP) is 2.97. The van der Waals surface area contributed by atoms with Gasteiger partial charge in [0.1, 0.15) is 23.5 Å². The van der Waals surface area contributed by atoms with Gasteiger partial charge in [-0.05, 0) is 55.6 Å². The van der Waals surface area contributed by atoms with E-state index in [9.17, 15) is 9.59 Å². The number of aromatic nitrogens is 1. The molecule has 2 unspecified atom stereocenters. The van der Waals surface area contributed by atoms with Crippen molar-refractivity contribution in [3.05, 3.63) is 36.3 Å². The van der Waals surface area contributed by atoms with Crippen molar-refractivity contribution >= 4 is 11.8 Å². The highest BCUT2D eigenvalue weighted by Crippen LogP contribution is 2.58. The minimum absolute atomic E-state index is 0.0391. The highest BCUT2D eigenvalue weighted by Gasteiger charge is 2.57. The lowest BCUT2D eigenvalue weighted by Gasteiger charge is -2.58. The Labute approximate surface area is 178 Å². The number of nitrogens with zero attached hydrogens (tertiary/aromatic N) is 2. The quantitative estimate of drug-likeness (QED) is 0.684. The van der Waals surface area contributed by atoms with Gasteiger partial charge in [0.05, 0.1) is 0 Å². The van der Waals surface area contributed by atoms with E-state index in [4.69, 9.17) is 10.5 Å². The van der Waals surface area contributed by atoms with Gasteiger partial charge in [-0.25, -0.2) is 4.98 Å². The molecule has 0 bridgehead atoms. The molecule has 2 amide bonds. The van der Waals surface area contributed by atoms with Crippen molar-refractivity contribution in [2.24, 2.45) is 17.1 Å². The first-order chi connectivity index (χ1) is 14.3. The maximum Gasteiger partial charge on any atom is 0.254 e. The third-order valence-corrected chi connectivity index (χ3v) is 6.93. The molecule has 1 aromatic rings. The summed E-state index contributed by atoms with van der Waals surface area (Å²) in [6, 6.07) is 3.40. The van der Waals surface area contributed by atoms with Crippen LogP contribution in [-0.4, -0.2) is 39.9 Å². The number of pyridine rings is 1. The van der Waals surface area contributed by atoms with Crippen LogP contribution in [0.3, 0.4) is 0 Å². The molecule has 7 heteroatoms. The van der Waals surface area contributed by atoms with Gasteiger partial charge in [0, 0.05) is 12.2 Å². The third-order valence-electron chi connectivity index (χ3n) is 6.93. The van der Waals surface area contributed by atoms with Crippen LogP contribution in [0.15, 0.2) is 30.7 Å². The molecule has 3 aliphatic rings. The van der Waals surface area contributed by atoms with E-state index in [0.717, 1.165) is 50.8 Å². The summed E-state index contributed by atoms with van der Waals surface area (Å²) in [6.45, 7) is 8.49. The maximum atomic E-state index is 12.9. The van der Waals surface area contributed by atoms with Gasteiger partial charge in [-0.3, -0.25) is 14.5 Å². The summed E-state index contributed by atoms with van der Waals surface area (Å²) in [5.74, 6) is 1.24. The molecule has 2 atom stereocenters. The molecule has 7 nitrogen and oxygen atoms in total. The molecule has 0 aromatic carbocycles. The van der Waals surface area contributed by atoms with Gasteiger partial charge < -0.3 is 15.8 Å². The molecule has 1 saturated heterocycles. The number of nitrogens with two attached hydrogens (primary N) is 1. The first-order valence-corrected chi connectivity index (χ1v) is 11.0. The summed E-state index contributed by atoms with van der Waals surface area (Å²) in [5.41, 5.74) is 5.95. The zero-order chi connectivity index (χ0) is 21.5. The lowest BCUT2D eigenvalue weighted by atomic mass is 9.52. The number of ether oxygens (including phenoxy) is 1. The number of hydrogen-bond donors (Lipinski definition) is 2. The van der Waals surface area contributed by atoms with Crippen molar-refractivity contribution in [1.82, 2.24) is 15.2 Å². The Morgan fingerprint density at radius 2 is 2.17 bits per heavy atom. The van der Waals surface area contributed by atoms with Crippen LogP contribution in [-0.2, 0) is 4.79 Å². The van der Waals surface area contributed by atoms with Crippen LogP contribution in [0.1, 0.15) is 69.2 Å². The highest BCUT2D eigenvalue weighted by atomic mass is 16.5. The molecule has 2 saturated carbocycles. The summed E-state index contributed by atoms with van der Waals surface area (Å²) in [5, 5.41) is 3.32. The molecule has 3 N–H and O–H groups in total. The molecular formula is C23H32N4O3. The van der Waals surface area contributed by atoms with Crippen molar-refractivity contribution in [2.75, 3.05) is 0 Å². The molecular weight excluding hydrogens is 380 g/mol. The van der Waals surface area contributed by atoms with E-state index in [1.807, 2.05) is 4.90 Å². The number of carbonyl (C=O) groups is 2. The molecule has 162 valence electrons. The number of nitrogens with one attached hydrogen (secondary N) is 1. The van der Waals surface area contributed by atoms with E-state index >= 15 is 0 Å². The average Bonchev–Trinajstić information content (AvgIpc) is 2.90. The summed E-state index contributed by atoms with van der Waals surface area (Å²) >= 11 is 0. The number of amides is 2. The third kappa shape index (κ3) is 3.77. The minimum Gasteiger partial charge on any atom is -0.474 e. The summed E-state index contributed by atoms with van der Waals surface area (Å²) < 4.78 is 5.94. The van der Waals surface area contributed by atoms with Crippen molar-refractivity contribution < 1.29 is 14.3 Å². The summed E-state index contributed by atoms with van der Waals surface area (Å²) in [4.78, 5) is 30.5. The Kier molecular flexibility index (Phi) is 5.47. The van der Waals surface area contributed by atoms with Gasteiger partial charge >= 0.3 is 0 Å². The Morgan fingerprint density at radius 1 is 1.43 bits per heavy atom. The Hall–Kier alpha value is -2.57. The van der Waals surface area contributed by atoms with Gasteiger partial charge in [0.15, 0.2) is 0 Å². The van der Waals surface area contributed by atoms with E-state index < -0.39 is 5.91 Å². The van der Waals surface area contributed by atoms with Crippen molar-refractivity contribution in [3.63, 3.8) is 0 Å². The van der Waals surface area contributed by atoms with Crippen LogP contribution < -0.4 is 15.8 Å². The normalized spacial score (nSPS) is 31.1. The first-order valence-electron chi connectivity index (χ1n) is 11.0. The Balaban J connectivity index is 1.28. The van der Waals surface area contributed by atoms with Gasteiger partial charge in [-0.15, -0.1) is 0 Å². The fraction of sp³-hybridized carbons (Fsp3) is 0.609. The zero-order valence-electron chi connectivity index (χ0n) is 17.9. The van der Waals surface area contributed by atoms with Crippen LogP contribution in [0.2, 0.25) is 0 Å². The Morgan fingerprint density at radius 3 is 2.83 bits per heavy atom. The monoisotopic (exact) mass is 412 g/mol. The van der Waals surface area contributed by atoms with Gasteiger partial charge in [0.2, 0.25) is 5.88 Å². The summed E-state index contributed by atoms with van der Waals surface area (Å²) in [6.07, 6.45) is 8.56. The van der Waals surface area contributed by atoms with Crippen LogP contribution in [0.5, 0.6) is 5.88 Å². The molecule has 3 fully saturated rings. The van der Waals surface area contributed by atoms with E-state index in [1.54, 1.807) is 18.3 Å². The number of hydrogen-bond acceptors (Lipinski definition) is 5. The fourth-order valence-electron chi connectivity index (χ4n) is 5.48. The van der Waals surface area contributed by atoms with Crippen molar-refractivity contribution in [1.29, 1.82) is 0 Å². The average molecular weight is 413 g/mol. The number of carbonyl (C=O) groups excluding carboxylic acids is 2. The van der Waals surface area contributed by atoms with E-state index in [1.165, 1.54) is 0 Å². The largest absolute Gasteiger partial charge is 0.474 e. The van der Waals surface area contributed by atoms with Crippen molar-refractivity contribution in [3.8, 4) is 5.88 Å². The molecule has 4 rings (SSSR count). The van der Waals surface area contributed by atoms with E-state index in [-0.39, 0.29) is 29.5 Å². The molecule has 0 radical (unpaired) electrons. The number of rotatable bonds is 8. The second kappa shape index (κ2) is 7.93. The first kappa shape index (κ1) is 20.7. The van der Waals surface area contributed by atoms with Crippen LogP contribution in [0.25, 0.3) is 0 Å². The van der Waals surface area contributed by atoms with Gasteiger partial charge in [-0.1, -0.05) is 33.3 Å². The van der Waals surface area contributed by atoms with Crippen LogP contribution >= 0.6 is 0 Å². The lowest BCUT2D eigenvalue weighted by molar-refractivity contribution is -0.142. The predicted molar refractivity (Wildman–Crippen MR) is 113 cm³/mol. The van der Waals surface area contributed by atoms with Gasteiger partial charge in [-0.2, -0.15) is 0 Å². The Bertz CT molecular complexity index is 841. The highest BCUT2D eigenvalue weighted by molar-refractivity contribution is 5.94. The second-order valence-corrected chi connectivity index (χ2v) is 9.41. The van der Waals surface area contributed by atoms with E-state index in [0.29, 0.717) is 17.4 Å².